The van der Waals surface area contributed by atoms with Crippen molar-refractivity contribution in [1.82, 2.24) is 10.6 Å². The molecule has 3 rings (SSSR count). The molecule has 2 aliphatic rings. The number of rotatable bonds is 6. The Kier molecular flexibility index (Phi) is 5.35. The van der Waals surface area contributed by atoms with Crippen LogP contribution in [0, 0.1) is 11.3 Å². The number of ether oxygens (including phenoxy) is 2. The number of urea groups is 1. The first kappa shape index (κ1) is 18.2. The molecule has 1 aromatic rings. The van der Waals surface area contributed by atoms with Gasteiger partial charge in [-0.2, -0.15) is 0 Å². The first-order chi connectivity index (χ1) is 11.9. The third-order valence-corrected chi connectivity index (χ3v) is 5.41. The van der Waals surface area contributed by atoms with E-state index in [0.717, 1.165) is 24.2 Å². The molecule has 5 heteroatoms. The Balaban J connectivity index is 1.49. The lowest BCUT2D eigenvalue weighted by Gasteiger charge is -2.54. The summed E-state index contributed by atoms with van der Waals surface area (Å²) >= 11 is 0. The number of amides is 2. The summed E-state index contributed by atoms with van der Waals surface area (Å²) in [4.78, 5) is 12.3. The Morgan fingerprint density at radius 2 is 2.12 bits per heavy atom. The maximum Gasteiger partial charge on any atom is 0.315 e. The molecule has 1 saturated carbocycles. The first-order valence-corrected chi connectivity index (χ1v) is 9.23. The number of nitrogens with one attached hydrogen (secondary N) is 2. The first-order valence-electron chi connectivity index (χ1n) is 9.23. The molecule has 3 atom stereocenters. The van der Waals surface area contributed by atoms with Gasteiger partial charge in [0.1, 0.15) is 0 Å². The fourth-order valence-electron chi connectivity index (χ4n) is 4.08. The highest BCUT2D eigenvalue weighted by molar-refractivity contribution is 5.74. The second-order valence-corrected chi connectivity index (χ2v) is 8.05. The normalized spacial score (nSPS) is 26.8. The number of fused-ring (bicyclic) bond motifs is 1. The van der Waals surface area contributed by atoms with Crippen LogP contribution in [0.2, 0.25) is 0 Å². The lowest BCUT2D eigenvalue weighted by molar-refractivity contribution is -0.108. The van der Waals surface area contributed by atoms with Gasteiger partial charge in [0.25, 0.3) is 0 Å². The molecule has 0 radical (unpaired) electrons. The highest BCUT2D eigenvalue weighted by atomic mass is 16.5. The Labute approximate surface area is 150 Å². The van der Waals surface area contributed by atoms with Crippen molar-refractivity contribution in [3.05, 3.63) is 35.4 Å². The Hall–Kier alpha value is -1.59. The Bertz CT molecular complexity index is 615. The monoisotopic (exact) mass is 346 g/mol. The van der Waals surface area contributed by atoms with E-state index >= 15 is 0 Å². The van der Waals surface area contributed by atoms with E-state index in [1.807, 2.05) is 32.0 Å². The smallest absolute Gasteiger partial charge is 0.315 e. The SMILES string of the molecule is CC(C)OCc1cccc(CNC(=O)N[C@@H]2[C@@H]3CCO[C@@H]3C2(C)C)c1. The minimum Gasteiger partial charge on any atom is -0.377 e. The molecule has 5 nitrogen and oxygen atoms in total. The summed E-state index contributed by atoms with van der Waals surface area (Å²) in [5.41, 5.74) is 2.21. The molecule has 1 saturated heterocycles. The van der Waals surface area contributed by atoms with Gasteiger partial charge in [-0.15, -0.1) is 0 Å². The zero-order chi connectivity index (χ0) is 18.0. The van der Waals surface area contributed by atoms with E-state index in [2.05, 4.69) is 30.5 Å². The van der Waals surface area contributed by atoms with Crippen molar-refractivity contribution in [1.29, 1.82) is 0 Å². The minimum absolute atomic E-state index is 0.00656. The van der Waals surface area contributed by atoms with Gasteiger partial charge >= 0.3 is 6.03 Å². The number of carbonyl (C=O) groups excluding carboxylic acids is 1. The van der Waals surface area contributed by atoms with Gasteiger partial charge < -0.3 is 20.1 Å². The second-order valence-electron chi connectivity index (χ2n) is 8.05. The van der Waals surface area contributed by atoms with Crippen molar-refractivity contribution in [3.8, 4) is 0 Å². The van der Waals surface area contributed by atoms with Crippen LogP contribution in [0.25, 0.3) is 0 Å². The summed E-state index contributed by atoms with van der Waals surface area (Å²) in [6.07, 6.45) is 1.54. The maximum atomic E-state index is 12.3. The number of carbonyl (C=O) groups is 1. The molecular weight excluding hydrogens is 316 g/mol. The molecule has 0 bridgehead atoms. The van der Waals surface area contributed by atoms with Crippen LogP contribution in [0.5, 0.6) is 0 Å². The molecule has 1 aliphatic carbocycles. The van der Waals surface area contributed by atoms with Gasteiger partial charge in [-0.05, 0) is 31.4 Å². The van der Waals surface area contributed by atoms with Crippen LogP contribution in [0.1, 0.15) is 45.2 Å². The van der Waals surface area contributed by atoms with Gasteiger partial charge in [0, 0.05) is 30.5 Å². The minimum atomic E-state index is -0.104. The van der Waals surface area contributed by atoms with Crippen LogP contribution in [0.15, 0.2) is 24.3 Å². The molecule has 25 heavy (non-hydrogen) atoms. The third kappa shape index (κ3) is 3.98. The van der Waals surface area contributed by atoms with E-state index in [4.69, 9.17) is 9.47 Å². The van der Waals surface area contributed by atoms with E-state index in [1.54, 1.807) is 0 Å². The van der Waals surface area contributed by atoms with Crippen LogP contribution in [-0.2, 0) is 22.6 Å². The zero-order valence-corrected chi connectivity index (χ0v) is 15.7. The summed E-state index contributed by atoms with van der Waals surface area (Å²) in [5.74, 6) is 0.456. The Morgan fingerprint density at radius 3 is 2.88 bits per heavy atom. The second kappa shape index (κ2) is 7.34. The van der Waals surface area contributed by atoms with E-state index in [1.165, 1.54) is 0 Å². The number of hydrogen-bond acceptors (Lipinski definition) is 3. The van der Waals surface area contributed by atoms with Crippen molar-refractivity contribution >= 4 is 6.03 Å². The van der Waals surface area contributed by atoms with E-state index in [9.17, 15) is 4.79 Å². The molecule has 0 aromatic heterocycles. The van der Waals surface area contributed by atoms with E-state index in [-0.39, 0.29) is 29.7 Å². The third-order valence-electron chi connectivity index (χ3n) is 5.41. The van der Waals surface area contributed by atoms with Crippen LogP contribution < -0.4 is 10.6 Å². The van der Waals surface area contributed by atoms with E-state index in [0.29, 0.717) is 19.1 Å². The molecule has 1 aromatic carbocycles. The van der Waals surface area contributed by atoms with Gasteiger partial charge in [0.2, 0.25) is 0 Å². The summed E-state index contributed by atoms with van der Waals surface area (Å²) in [6.45, 7) is 10.3. The largest absolute Gasteiger partial charge is 0.377 e. The van der Waals surface area contributed by atoms with Crippen LogP contribution >= 0.6 is 0 Å². The van der Waals surface area contributed by atoms with Crippen molar-refractivity contribution < 1.29 is 14.3 Å². The maximum absolute atomic E-state index is 12.3. The summed E-state index contributed by atoms with van der Waals surface area (Å²) < 4.78 is 11.4. The molecule has 2 amide bonds. The van der Waals surface area contributed by atoms with Crippen molar-refractivity contribution in [2.24, 2.45) is 11.3 Å². The van der Waals surface area contributed by atoms with Gasteiger partial charge in [-0.25, -0.2) is 4.79 Å². The fourth-order valence-corrected chi connectivity index (χ4v) is 4.08. The quantitative estimate of drug-likeness (QED) is 0.831. The van der Waals surface area contributed by atoms with Gasteiger partial charge in [-0.3, -0.25) is 0 Å². The average Bonchev–Trinajstić information content (AvgIpc) is 3.03. The molecule has 138 valence electrons. The van der Waals surface area contributed by atoms with E-state index < -0.39 is 0 Å². The number of hydrogen-bond donors (Lipinski definition) is 2. The summed E-state index contributed by atoms with van der Waals surface area (Å²) in [5, 5.41) is 6.12. The van der Waals surface area contributed by atoms with Crippen LogP contribution in [0.4, 0.5) is 4.79 Å². The van der Waals surface area contributed by atoms with Gasteiger partial charge in [-0.1, -0.05) is 38.1 Å². The highest BCUT2D eigenvalue weighted by Crippen LogP contribution is 2.52. The van der Waals surface area contributed by atoms with Gasteiger partial charge in [0.05, 0.1) is 18.8 Å². The van der Waals surface area contributed by atoms with Crippen molar-refractivity contribution in [2.45, 2.75) is 65.5 Å². The predicted octanol–water partition coefficient (Wildman–Crippen LogP) is 3.22. The average molecular weight is 346 g/mol. The molecule has 1 heterocycles. The lowest BCUT2D eigenvalue weighted by Crippen LogP contribution is -2.67. The van der Waals surface area contributed by atoms with Crippen molar-refractivity contribution in [2.75, 3.05) is 6.61 Å². The topological polar surface area (TPSA) is 59.6 Å². The highest BCUT2D eigenvalue weighted by Gasteiger charge is 2.59. The zero-order valence-electron chi connectivity index (χ0n) is 15.7. The fraction of sp³-hybridized carbons (Fsp3) is 0.650. The van der Waals surface area contributed by atoms with Crippen molar-refractivity contribution in [3.63, 3.8) is 0 Å². The lowest BCUT2D eigenvalue weighted by atomic mass is 9.57. The molecule has 0 unspecified atom stereocenters. The molecule has 1 aliphatic heterocycles. The van der Waals surface area contributed by atoms with Crippen LogP contribution in [-0.4, -0.2) is 30.9 Å². The standard InChI is InChI=1S/C20H30N2O3/c1-13(2)25-12-15-7-5-6-14(10-15)11-21-19(23)22-17-16-8-9-24-18(16)20(17,3)4/h5-7,10,13,16-18H,8-9,11-12H2,1-4H3,(H2,21,22,23)/t16-,17+,18-/m0/s1. The molecular formula is C20H30N2O3. The summed E-state index contributed by atoms with van der Waals surface area (Å²) in [7, 11) is 0. The van der Waals surface area contributed by atoms with Gasteiger partial charge in [0.15, 0.2) is 0 Å². The van der Waals surface area contributed by atoms with Crippen LogP contribution in [0.3, 0.4) is 0 Å². The summed E-state index contributed by atoms with van der Waals surface area (Å²) in [6, 6.07) is 8.23. The number of benzene rings is 1. The molecule has 2 fully saturated rings. The predicted molar refractivity (Wildman–Crippen MR) is 97.2 cm³/mol. The Morgan fingerprint density at radius 1 is 1.36 bits per heavy atom. The molecule has 0 spiro atoms. The molecule has 2 N–H and O–H groups in total.